The Morgan fingerprint density at radius 3 is 2.20 bits per heavy atom. The van der Waals surface area contributed by atoms with E-state index in [9.17, 15) is 13.2 Å². The van der Waals surface area contributed by atoms with Gasteiger partial charge in [-0.25, -0.2) is 8.42 Å². The monoisotopic (exact) mass is 369 g/mol. The second kappa shape index (κ2) is 10.6. The summed E-state index contributed by atoms with van der Waals surface area (Å²) in [4.78, 5) is 11.0. The first-order valence-corrected chi connectivity index (χ1v) is 10.7. The summed E-state index contributed by atoms with van der Waals surface area (Å²) in [6.45, 7) is 5.18. The molecule has 0 unspecified atom stereocenters. The molecule has 0 N–H and O–H groups in total. The Balaban J connectivity index is 2.48. The van der Waals surface area contributed by atoms with Crippen molar-refractivity contribution in [1.29, 1.82) is 0 Å². The minimum Gasteiger partial charge on any atom is -0.469 e. The van der Waals surface area contributed by atoms with Crippen molar-refractivity contribution >= 4 is 16.0 Å². The average molecular weight is 370 g/mol. The van der Waals surface area contributed by atoms with Gasteiger partial charge in [0, 0.05) is 19.5 Å². The molecule has 0 aliphatic carbocycles. The third-order valence-corrected chi connectivity index (χ3v) is 5.49. The van der Waals surface area contributed by atoms with E-state index in [1.807, 2.05) is 12.1 Å². The van der Waals surface area contributed by atoms with Gasteiger partial charge in [-0.3, -0.25) is 4.79 Å². The van der Waals surface area contributed by atoms with Gasteiger partial charge in [0.1, 0.15) is 0 Å². The van der Waals surface area contributed by atoms with Gasteiger partial charge in [-0.05, 0) is 29.9 Å². The number of sulfonamides is 1. The topological polar surface area (TPSA) is 63.7 Å². The van der Waals surface area contributed by atoms with E-state index >= 15 is 0 Å². The van der Waals surface area contributed by atoms with Crippen LogP contribution in [0.25, 0.3) is 0 Å². The number of carbonyl (C=O) groups excluding carboxylic acids is 1. The summed E-state index contributed by atoms with van der Waals surface area (Å²) in [5.74, 6) is 0.271. The maximum Gasteiger partial charge on any atom is 0.305 e. The van der Waals surface area contributed by atoms with Crippen LogP contribution in [-0.2, 0) is 26.1 Å². The van der Waals surface area contributed by atoms with Crippen LogP contribution in [0, 0.1) is 0 Å². The summed E-state index contributed by atoms with van der Waals surface area (Å²) in [6.07, 6.45) is 5.05. The van der Waals surface area contributed by atoms with Gasteiger partial charge in [0.15, 0.2) is 0 Å². The van der Waals surface area contributed by atoms with Crippen molar-refractivity contribution < 1.29 is 17.9 Å². The Morgan fingerprint density at radius 1 is 1.08 bits per heavy atom. The lowest BCUT2D eigenvalue weighted by Gasteiger charge is -2.20. The number of unbranched alkanes of at least 4 members (excludes halogenated alkanes) is 3. The van der Waals surface area contributed by atoms with Gasteiger partial charge in [0.2, 0.25) is 10.0 Å². The lowest BCUT2D eigenvalue weighted by atomic mass is 10.0. The van der Waals surface area contributed by atoms with Gasteiger partial charge < -0.3 is 4.74 Å². The van der Waals surface area contributed by atoms with Crippen LogP contribution in [0.3, 0.4) is 0 Å². The predicted molar refractivity (Wildman–Crippen MR) is 101 cm³/mol. The van der Waals surface area contributed by atoms with Crippen LogP contribution in [0.15, 0.2) is 24.3 Å². The van der Waals surface area contributed by atoms with Crippen LogP contribution in [0.1, 0.15) is 63.0 Å². The molecule has 6 heteroatoms. The molecule has 142 valence electrons. The number of ether oxygens (including phenoxy) is 1. The van der Waals surface area contributed by atoms with E-state index in [4.69, 9.17) is 0 Å². The van der Waals surface area contributed by atoms with Gasteiger partial charge in [-0.15, -0.1) is 0 Å². The number of hydrogen-bond donors (Lipinski definition) is 0. The fourth-order valence-electron chi connectivity index (χ4n) is 2.59. The molecule has 0 aromatic heterocycles. The van der Waals surface area contributed by atoms with Crippen molar-refractivity contribution in [2.45, 2.75) is 58.4 Å². The highest BCUT2D eigenvalue weighted by Gasteiger charge is 2.16. The number of esters is 1. The molecule has 0 heterocycles. The highest BCUT2D eigenvalue weighted by atomic mass is 32.2. The zero-order valence-electron chi connectivity index (χ0n) is 15.8. The number of benzene rings is 1. The number of methoxy groups -OCH3 is 1. The molecule has 0 bridgehead atoms. The third kappa shape index (κ3) is 8.50. The Hall–Kier alpha value is -1.40. The van der Waals surface area contributed by atoms with Crippen LogP contribution < -0.4 is 0 Å². The summed E-state index contributed by atoms with van der Waals surface area (Å²) in [6, 6.07) is 8.13. The number of hydrogen-bond acceptors (Lipinski definition) is 4. The minimum atomic E-state index is -3.24. The Labute approximate surface area is 152 Å². The molecule has 0 atom stereocenters. The fraction of sp³-hybridized carbons (Fsp3) is 0.632. The standard InChI is InChI=1S/C19H31NO4S/c1-16(2)18-12-10-17(11-13-18)15-20(25(4,22)23)14-8-6-5-7-9-19(21)24-3/h10-13,16H,5-9,14-15H2,1-4H3. The van der Waals surface area contributed by atoms with E-state index in [-0.39, 0.29) is 5.97 Å². The second-order valence-corrected chi connectivity index (χ2v) is 8.72. The Bertz CT molecular complexity index is 623. The van der Waals surface area contributed by atoms with Crippen molar-refractivity contribution in [3.05, 3.63) is 35.4 Å². The third-order valence-electron chi connectivity index (χ3n) is 4.24. The van der Waals surface area contributed by atoms with Crippen LogP contribution in [0.4, 0.5) is 0 Å². The van der Waals surface area contributed by atoms with E-state index in [1.54, 1.807) is 0 Å². The zero-order valence-corrected chi connectivity index (χ0v) is 16.6. The second-order valence-electron chi connectivity index (χ2n) is 6.73. The Morgan fingerprint density at radius 2 is 1.68 bits per heavy atom. The molecule has 0 saturated carbocycles. The van der Waals surface area contributed by atoms with E-state index in [0.29, 0.717) is 25.4 Å². The molecular weight excluding hydrogens is 338 g/mol. The van der Waals surface area contributed by atoms with Crippen molar-refractivity contribution in [1.82, 2.24) is 4.31 Å². The first kappa shape index (κ1) is 21.6. The molecular formula is C19H31NO4S. The SMILES string of the molecule is COC(=O)CCCCCCN(Cc1ccc(C(C)C)cc1)S(C)(=O)=O. The van der Waals surface area contributed by atoms with Gasteiger partial charge in [-0.1, -0.05) is 51.0 Å². The molecule has 1 aromatic rings. The smallest absolute Gasteiger partial charge is 0.305 e. The van der Waals surface area contributed by atoms with Crippen molar-refractivity contribution in [2.75, 3.05) is 19.9 Å². The molecule has 0 saturated heterocycles. The van der Waals surface area contributed by atoms with Crippen molar-refractivity contribution in [3.63, 3.8) is 0 Å². The average Bonchev–Trinajstić information content (AvgIpc) is 2.56. The van der Waals surface area contributed by atoms with Crippen molar-refractivity contribution in [3.8, 4) is 0 Å². The van der Waals surface area contributed by atoms with E-state index in [2.05, 4.69) is 30.7 Å². The molecule has 1 aromatic carbocycles. The zero-order chi connectivity index (χ0) is 18.9. The van der Waals surface area contributed by atoms with Crippen LogP contribution >= 0.6 is 0 Å². The molecule has 0 fully saturated rings. The van der Waals surface area contributed by atoms with Crippen molar-refractivity contribution in [2.24, 2.45) is 0 Å². The van der Waals surface area contributed by atoms with Crippen LogP contribution in [0.2, 0.25) is 0 Å². The molecule has 0 aliphatic heterocycles. The molecule has 5 nitrogen and oxygen atoms in total. The van der Waals surface area contributed by atoms with Gasteiger partial charge >= 0.3 is 5.97 Å². The summed E-state index contributed by atoms with van der Waals surface area (Å²) in [5.41, 5.74) is 2.25. The maximum atomic E-state index is 12.0. The minimum absolute atomic E-state index is 0.192. The number of nitrogens with zero attached hydrogens (tertiary/aromatic N) is 1. The molecule has 1 rings (SSSR count). The van der Waals surface area contributed by atoms with Crippen LogP contribution in [0.5, 0.6) is 0 Å². The summed E-state index contributed by atoms with van der Waals surface area (Å²) >= 11 is 0. The lowest BCUT2D eigenvalue weighted by molar-refractivity contribution is -0.140. The van der Waals surface area contributed by atoms with E-state index in [1.165, 1.54) is 23.2 Å². The highest BCUT2D eigenvalue weighted by Crippen LogP contribution is 2.17. The Kier molecular flexibility index (Phi) is 9.14. The van der Waals surface area contributed by atoms with E-state index < -0.39 is 10.0 Å². The van der Waals surface area contributed by atoms with E-state index in [0.717, 1.165) is 31.2 Å². The van der Waals surface area contributed by atoms with Gasteiger partial charge in [0.05, 0.1) is 13.4 Å². The molecule has 25 heavy (non-hydrogen) atoms. The lowest BCUT2D eigenvalue weighted by Crippen LogP contribution is -2.30. The summed E-state index contributed by atoms with van der Waals surface area (Å²) in [7, 11) is -1.85. The maximum absolute atomic E-state index is 12.0. The number of rotatable bonds is 11. The normalized spacial score (nSPS) is 11.9. The number of carbonyl (C=O) groups is 1. The first-order valence-electron chi connectivity index (χ1n) is 8.84. The summed E-state index contributed by atoms with van der Waals surface area (Å²) < 4.78 is 30.2. The quantitative estimate of drug-likeness (QED) is 0.441. The first-order chi connectivity index (χ1) is 11.7. The highest BCUT2D eigenvalue weighted by molar-refractivity contribution is 7.88. The van der Waals surface area contributed by atoms with Gasteiger partial charge in [0.25, 0.3) is 0 Å². The van der Waals surface area contributed by atoms with Crippen LogP contribution in [-0.4, -0.2) is 38.6 Å². The molecule has 0 aliphatic rings. The molecule has 0 amide bonds. The molecule has 0 spiro atoms. The predicted octanol–water partition coefficient (Wildman–Crippen LogP) is 3.70. The van der Waals surface area contributed by atoms with Gasteiger partial charge in [-0.2, -0.15) is 4.31 Å². The summed E-state index contributed by atoms with van der Waals surface area (Å²) in [5, 5.41) is 0. The molecule has 0 radical (unpaired) electrons. The fourth-order valence-corrected chi connectivity index (χ4v) is 3.43. The largest absolute Gasteiger partial charge is 0.469 e.